The molecule has 2 N–H and O–H groups in total. The van der Waals surface area contributed by atoms with Gasteiger partial charge < -0.3 is 19.9 Å². The first kappa shape index (κ1) is 21.0. The summed E-state index contributed by atoms with van der Waals surface area (Å²) in [6.07, 6.45) is 3.47. The van der Waals surface area contributed by atoms with Crippen molar-refractivity contribution in [1.29, 1.82) is 0 Å². The molecule has 1 fully saturated rings. The van der Waals surface area contributed by atoms with Gasteiger partial charge in [0.05, 0.1) is 18.7 Å². The number of H-pyrrole nitrogens is 1. The van der Waals surface area contributed by atoms with E-state index in [9.17, 15) is 4.79 Å². The predicted octanol–water partition coefficient (Wildman–Crippen LogP) is 3.20. The van der Waals surface area contributed by atoms with Crippen LogP contribution in [0.4, 0.5) is 0 Å². The standard InChI is InChI=1S/C19H20N4O2.2ClH/c1-25-17-7-3-2-5-14(17)16-12-20-9-10-23(16)19(24)15-11-22-18-13(15)6-4-8-21-18;;/h2-8,11,16,20H,9-10,12H2,1H3,(H,21,22);2*1H. The van der Waals surface area contributed by atoms with E-state index >= 15 is 0 Å². The van der Waals surface area contributed by atoms with Gasteiger partial charge in [0.2, 0.25) is 0 Å². The molecule has 3 heterocycles. The van der Waals surface area contributed by atoms with Crippen LogP contribution in [0, 0.1) is 0 Å². The summed E-state index contributed by atoms with van der Waals surface area (Å²) < 4.78 is 5.51. The Labute approximate surface area is 170 Å². The summed E-state index contributed by atoms with van der Waals surface area (Å²) in [6, 6.07) is 11.6. The van der Waals surface area contributed by atoms with Crippen LogP contribution in [0.2, 0.25) is 0 Å². The normalized spacial score (nSPS) is 16.3. The molecule has 6 nitrogen and oxygen atoms in total. The number of nitrogens with zero attached hydrogens (tertiary/aromatic N) is 2. The number of hydrogen-bond donors (Lipinski definition) is 2. The molecule has 3 aromatic rings. The highest BCUT2D eigenvalue weighted by molar-refractivity contribution is 6.06. The number of rotatable bonds is 3. The summed E-state index contributed by atoms with van der Waals surface area (Å²) in [6.45, 7) is 2.12. The number of aromatic amines is 1. The second-order valence-electron chi connectivity index (χ2n) is 6.06. The molecule has 4 rings (SSSR count). The molecular formula is C19H22Cl2N4O2. The van der Waals surface area contributed by atoms with Gasteiger partial charge in [-0.05, 0) is 18.2 Å². The van der Waals surface area contributed by atoms with Gasteiger partial charge in [-0.1, -0.05) is 18.2 Å². The highest BCUT2D eigenvalue weighted by Gasteiger charge is 2.31. The highest BCUT2D eigenvalue weighted by Crippen LogP contribution is 2.32. The third-order valence-corrected chi connectivity index (χ3v) is 4.68. The Morgan fingerprint density at radius 1 is 1.22 bits per heavy atom. The van der Waals surface area contributed by atoms with Gasteiger partial charge in [0.25, 0.3) is 5.91 Å². The van der Waals surface area contributed by atoms with E-state index in [-0.39, 0.29) is 36.8 Å². The second-order valence-corrected chi connectivity index (χ2v) is 6.06. The molecule has 1 atom stereocenters. The van der Waals surface area contributed by atoms with Crippen molar-refractivity contribution in [2.45, 2.75) is 6.04 Å². The van der Waals surface area contributed by atoms with Crippen molar-refractivity contribution in [1.82, 2.24) is 20.2 Å². The molecule has 0 aliphatic carbocycles. The van der Waals surface area contributed by atoms with Gasteiger partial charge in [-0.2, -0.15) is 0 Å². The molecule has 27 heavy (non-hydrogen) atoms. The minimum absolute atomic E-state index is 0. The first-order valence-electron chi connectivity index (χ1n) is 8.36. The number of benzene rings is 1. The second kappa shape index (κ2) is 9.08. The maximum Gasteiger partial charge on any atom is 0.256 e. The van der Waals surface area contributed by atoms with E-state index in [2.05, 4.69) is 15.3 Å². The SMILES string of the molecule is COc1ccccc1C1CNCCN1C(=O)c1c[nH]c2ncccc12.Cl.Cl. The summed E-state index contributed by atoms with van der Waals surface area (Å²) in [4.78, 5) is 22.6. The monoisotopic (exact) mass is 408 g/mol. The number of aromatic nitrogens is 2. The average Bonchev–Trinajstić information content (AvgIpc) is 3.11. The summed E-state index contributed by atoms with van der Waals surface area (Å²) in [5, 5.41) is 4.23. The highest BCUT2D eigenvalue weighted by atomic mass is 35.5. The maximum absolute atomic E-state index is 13.3. The van der Waals surface area contributed by atoms with Gasteiger partial charge in [0.15, 0.2) is 0 Å². The molecule has 1 unspecified atom stereocenters. The quantitative estimate of drug-likeness (QED) is 0.697. The van der Waals surface area contributed by atoms with E-state index in [0.717, 1.165) is 28.9 Å². The van der Waals surface area contributed by atoms with Gasteiger partial charge in [-0.25, -0.2) is 4.98 Å². The van der Waals surface area contributed by atoms with Gasteiger partial charge in [0.1, 0.15) is 11.4 Å². The molecule has 1 amide bonds. The van der Waals surface area contributed by atoms with Crippen molar-refractivity contribution in [3.05, 3.63) is 59.9 Å². The minimum atomic E-state index is -0.0704. The van der Waals surface area contributed by atoms with Crippen LogP contribution in [0.15, 0.2) is 48.8 Å². The molecule has 0 radical (unpaired) electrons. The van der Waals surface area contributed by atoms with E-state index in [4.69, 9.17) is 4.74 Å². The third-order valence-electron chi connectivity index (χ3n) is 4.68. The first-order chi connectivity index (χ1) is 12.3. The number of carbonyl (C=O) groups excluding carboxylic acids is 1. The molecule has 8 heteroatoms. The largest absolute Gasteiger partial charge is 0.496 e. The molecule has 0 spiro atoms. The lowest BCUT2D eigenvalue weighted by Gasteiger charge is -2.37. The number of ether oxygens (including phenoxy) is 1. The number of halogens is 2. The van der Waals surface area contributed by atoms with Crippen LogP contribution < -0.4 is 10.1 Å². The molecule has 0 bridgehead atoms. The lowest BCUT2D eigenvalue weighted by Crippen LogP contribution is -2.48. The fraction of sp³-hybridized carbons (Fsp3) is 0.263. The minimum Gasteiger partial charge on any atom is -0.496 e. The number of nitrogens with one attached hydrogen (secondary N) is 2. The Balaban J connectivity index is 0.00000131. The number of hydrogen-bond acceptors (Lipinski definition) is 4. The molecule has 2 aromatic heterocycles. The van der Waals surface area contributed by atoms with E-state index in [1.54, 1.807) is 19.5 Å². The third kappa shape index (κ3) is 3.88. The number of carbonyl (C=O) groups is 1. The summed E-state index contributed by atoms with van der Waals surface area (Å²) >= 11 is 0. The number of methoxy groups -OCH3 is 1. The van der Waals surface area contributed by atoms with Crippen molar-refractivity contribution in [3.8, 4) is 5.75 Å². The van der Waals surface area contributed by atoms with Crippen LogP contribution >= 0.6 is 24.8 Å². The van der Waals surface area contributed by atoms with Gasteiger partial charge in [0, 0.05) is 43.0 Å². The lowest BCUT2D eigenvalue weighted by molar-refractivity contribution is 0.0634. The molecule has 1 aliphatic rings. The van der Waals surface area contributed by atoms with Crippen molar-refractivity contribution < 1.29 is 9.53 Å². The van der Waals surface area contributed by atoms with E-state index in [1.165, 1.54) is 0 Å². The Kier molecular flexibility index (Phi) is 7.07. The molecule has 144 valence electrons. The number of fused-ring (bicyclic) bond motifs is 1. The Hall–Kier alpha value is -2.28. The van der Waals surface area contributed by atoms with Crippen molar-refractivity contribution in [3.63, 3.8) is 0 Å². The van der Waals surface area contributed by atoms with Gasteiger partial charge >= 0.3 is 0 Å². The van der Waals surface area contributed by atoms with Crippen molar-refractivity contribution in [2.75, 3.05) is 26.7 Å². The number of piperazine rings is 1. The topological polar surface area (TPSA) is 70.2 Å². The first-order valence-corrected chi connectivity index (χ1v) is 8.36. The summed E-state index contributed by atoms with van der Waals surface area (Å²) in [7, 11) is 1.66. The Bertz CT molecular complexity index is 915. The van der Waals surface area contributed by atoms with Crippen LogP contribution in [-0.4, -0.2) is 47.5 Å². The van der Waals surface area contributed by atoms with Crippen LogP contribution in [0.5, 0.6) is 5.75 Å². The number of para-hydroxylation sites is 1. The summed E-state index contributed by atoms with van der Waals surface area (Å²) in [5.41, 5.74) is 2.41. The fourth-order valence-corrected chi connectivity index (χ4v) is 3.45. The molecule has 1 aliphatic heterocycles. The van der Waals surface area contributed by atoms with Crippen LogP contribution in [-0.2, 0) is 0 Å². The smallest absolute Gasteiger partial charge is 0.256 e. The zero-order valence-corrected chi connectivity index (χ0v) is 16.5. The fourth-order valence-electron chi connectivity index (χ4n) is 3.45. The van der Waals surface area contributed by atoms with E-state index in [1.807, 2.05) is 41.3 Å². The lowest BCUT2D eigenvalue weighted by atomic mass is 10.0. The summed E-state index contributed by atoms with van der Waals surface area (Å²) in [5.74, 6) is 0.811. The average molecular weight is 409 g/mol. The van der Waals surface area contributed by atoms with Gasteiger partial charge in [-0.15, -0.1) is 24.8 Å². The van der Waals surface area contributed by atoms with Crippen LogP contribution in [0.25, 0.3) is 11.0 Å². The van der Waals surface area contributed by atoms with Gasteiger partial charge in [-0.3, -0.25) is 4.79 Å². The zero-order chi connectivity index (χ0) is 17.2. The zero-order valence-electron chi connectivity index (χ0n) is 14.8. The van der Waals surface area contributed by atoms with Crippen molar-refractivity contribution in [2.24, 2.45) is 0 Å². The van der Waals surface area contributed by atoms with Crippen molar-refractivity contribution >= 4 is 41.8 Å². The van der Waals surface area contributed by atoms with Crippen LogP contribution in [0.3, 0.4) is 0 Å². The molecule has 0 saturated carbocycles. The number of pyridine rings is 1. The van der Waals surface area contributed by atoms with Crippen LogP contribution in [0.1, 0.15) is 22.0 Å². The molecule has 1 saturated heterocycles. The molecular weight excluding hydrogens is 387 g/mol. The maximum atomic E-state index is 13.3. The molecule has 1 aromatic carbocycles. The van der Waals surface area contributed by atoms with E-state index in [0.29, 0.717) is 18.7 Å². The Morgan fingerprint density at radius 2 is 2.04 bits per heavy atom. The Morgan fingerprint density at radius 3 is 2.85 bits per heavy atom. The number of amides is 1. The predicted molar refractivity (Wildman–Crippen MR) is 110 cm³/mol. The van der Waals surface area contributed by atoms with E-state index < -0.39 is 0 Å².